The van der Waals surface area contributed by atoms with Gasteiger partial charge in [0.05, 0.1) is 4.92 Å². The number of halogens is 1. The average molecular weight is 311 g/mol. The van der Waals surface area contributed by atoms with Crippen molar-refractivity contribution in [3.8, 4) is 0 Å². The van der Waals surface area contributed by atoms with Gasteiger partial charge < -0.3 is 10.3 Å². The van der Waals surface area contributed by atoms with Crippen molar-refractivity contribution in [2.45, 2.75) is 24.4 Å². The first kappa shape index (κ1) is 15.4. The Morgan fingerprint density at radius 3 is 2.86 bits per heavy atom. The lowest BCUT2D eigenvalue weighted by Gasteiger charge is -2.06. The van der Waals surface area contributed by atoms with Gasteiger partial charge in [-0.25, -0.2) is 0 Å². The molecule has 112 valence electrons. The van der Waals surface area contributed by atoms with Gasteiger partial charge >= 0.3 is 5.69 Å². The Morgan fingerprint density at radius 2 is 2.24 bits per heavy atom. The largest absolute Gasteiger partial charge is 0.329 e. The van der Waals surface area contributed by atoms with Crippen molar-refractivity contribution in [2.75, 3.05) is 6.54 Å². The Morgan fingerprint density at radius 1 is 1.48 bits per heavy atom. The molecule has 0 aliphatic rings. The summed E-state index contributed by atoms with van der Waals surface area (Å²) in [5.41, 5.74) is 5.65. The summed E-state index contributed by atoms with van der Waals surface area (Å²) < 4.78 is 15.4. The second kappa shape index (κ2) is 6.64. The second-order valence-corrected chi connectivity index (χ2v) is 5.24. The van der Waals surface area contributed by atoms with E-state index < -0.39 is 16.4 Å². The van der Waals surface area contributed by atoms with Crippen LogP contribution in [0.15, 0.2) is 23.4 Å². The highest BCUT2D eigenvalue weighted by Gasteiger charge is 2.14. The number of aryl methyl sites for hydroxylation is 1. The molecular weight excluding hydrogens is 297 g/mol. The van der Waals surface area contributed by atoms with Crippen molar-refractivity contribution in [1.29, 1.82) is 0 Å². The molecule has 9 heteroatoms. The molecule has 0 spiro atoms. The van der Waals surface area contributed by atoms with E-state index in [2.05, 4.69) is 10.2 Å². The van der Waals surface area contributed by atoms with Crippen LogP contribution in [0.25, 0.3) is 0 Å². The molecule has 0 fully saturated rings. The van der Waals surface area contributed by atoms with Gasteiger partial charge in [0.25, 0.3) is 0 Å². The smallest absolute Gasteiger partial charge is 0.304 e. The predicted octanol–water partition coefficient (Wildman–Crippen LogP) is 1.88. The van der Waals surface area contributed by atoms with E-state index in [-0.39, 0.29) is 0 Å². The molecule has 2 aromatic rings. The van der Waals surface area contributed by atoms with Gasteiger partial charge in [-0.05, 0) is 18.6 Å². The van der Waals surface area contributed by atoms with Crippen LogP contribution in [0.4, 0.5) is 10.1 Å². The number of nitrogens with zero attached hydrogens (tertiary/aromatic N) is 4. The van der Waals surface area contributed by atoms with E-state index in [4.69, 9.17) is 5.73 Å². The van der Waals surface area contributed by atoms with Crippen molar-refractivity contribution < 1.29 is 9.31 Å². The van der Waals surface area contributed by atoms with Gasteiger partial charge in [-0.15, -0.1) is 10.2 Å². The van der Waals surface area contributed by atoms with Gasteiger partial charge in [0.15, 0.2) is 5.16 Å². The molecular formula is C12H14FN5O2S. The highest BCUT2D eigenvalue weighted by atomic mass is 32.2. The van der Waals surface area contributed by atoms with E-state index in [1.165, 1.54) is 30.0 Å². The van der Waals surface area contributed by atoms with Crippen LogP contribution in [0.2, 0.25) is 0 Å². The Bertz CT molecular complexity index is 661. The highest BCUT2D eigenvalue weighted by Crippen LogP contribution is 2.24. The minimum atomic E-state index is -0.835. The standard InChI is InChI=1S/C12H14FN5O2S/c1-8-15-16-12(17(8)5-4-14)21-7-9-2-3-11(18(19)20)10(13)6-9/h2-3,6H,4-5,7,14H2,1H3. The molecule has 0 aliphatic carbocycles. The van der Waals surface area contributed by atoms with E-state index in [0.717, 1.165) is 5.82 Å². The summed E-state index contributed by atoms with van der Waals surface area (Å²) in [7, 11) is 0. The summed E-state index contributed by atoms with van der Waals surface area (Å²) in [6, 6.07) is 3.87. The van der Waals surface area contributed by atoms with Crippen molar-refractivity contribution >= 4 is 17.4 Å². The minimum absolute atomic E-state index is 0.442. The number of hydrogen-bond donors (Lipinski definition) is 1. The van der Waals surface area contributed by atoms with Crippen molar-refractivity contribution in [3.63, 3.8) is 0 Å². The maximum absolute atomic E-state index is 13.5. The summed E-state index contributed by atoms with van der Waals surface area (Å²) in [4.78, 5) is 9.82. The summed E-state index contributed by atoms with van der Waals surface area (Å²) in [5.74, 6) is 0.369. The number of hydrogen-bond acceptors (Lipinski definition) is 6. The van der Waals surface area contributed by atoms with Gasteiger partial charge in [-0.1, -0.05) is 17.8 Å². The zero-order valence-electron chi connectivity index (χ0n) is 11.3. The van der Waals surface area contributed by atoms with E-state index in [1.54, 1.807) is 0 Å². The molecule has 0 unspecified atom stereocenters. The second-order valence-electron chi connectivity index (χ2n) is 4.30. The van der Waals surface area contributed by atoms with Gasteiger partial charge in [-0.3, -0.25) is 10.1 Å². The predicted molar refractivity (Wildman–Crippen MR) is 76.4 cm³/mol. The molecule has 0 saturated heterocycles. The first-order chi connectivity index (χ1) is 10.0. The summed E-state index contributed by atoms with van der Waals surface area (Å²) in [6.07, 6.45) is 0. The monoisotopic (exact) mass is 311 g/mol. The Hall–Kier alpha value is -2.00. The first-order valence-electron chi connectivity index (χ1n) is 6.18. The fraction of sp³-hybridized carbons (Fsp3) is 0.333. The van der Waals surface area contributed by atoms with E-state index in [0.29, 0.717) is 29.6 Å². The number of nitro groups is 1. The number of nitro benzene ring substituents is 1. The SMILES string of the molecule is Cc1nnc(SCc2ccc([N+](=O)[O-])c(F)c2)n1CCN. The topological polar surface area (TPSA) is 99.9 Å². The van der Waals surface area contributed by atoms with E-state index >= 15 is 0 Å². The number of benzene rings is 1. The molecule has 7 nitrogen and oxygen atoms in total. The first-order valence-corrected chi connectivity index (χ1v) is 7.17. The number of rotatable bonds is 6. The molecule has 0 aliphatic heterocycles. The Balaban J connectivity index is 2.10. The van der Waals surface area contributed by atoms with E-state index in [9.17, 15) is 14.5 Å². The van der Waals surface area contributed by atoms with Crippen molar-refractivity contribution in [3.05, 3.63) is 45.5 Å². The average Bonchev–Trinajstić information content (AvgIpc) is 2.78. The van der Waals surface area contributed by atoms with Gasteiger partial charge in [0.2, 0.25) is 5.82 Å². The summed E-state index contributed by atoms with van der Waals surface area (Å²) in [5, 5.41) is 19.3. The summed E-state index contributed by atoms with van der Waals surface area (Å²) >= 11 is 1.38. The third kappa shape index (κ3) is 3.56. The van der Waals surface area contributed by atoms with Crippen LogP contribution in [0.1, 0.15) is 11.4 Å². The van der Waals surface area contributed by atoms with Crippen LogP contribution >= 0.6 is 11.8 Å². The van der Waals surface area contributed by atoms with Crippen molar-refractivity contribution in [1.82, 2.24) is 14.8 Å². The van der Waals surface area contributed by atoms with Gasteiger partial charge in [-0.2, -0.15) is 4.39 Å². The van der Waals surface area contributed by atoms with E-state index in [1.807, 2.05) is 11.5 Å². The third-order valence-electron chi connectivity index (χ3n) is 2.83. The van der Waals surface area contributed by atoms with Crippen LogP contribution < -0.4 is 5.73 Å². The molecule has 21 heavy (non-hydrogen) atoms. The molecule has 2 N–H and O–H groups in total. The molecule has 0 amide bonds. The third-order valence-corrected chi connectivity index (χ3v) is 3.87. The molecule has 1 heterocycles. The van der Waals surface area contributed by atoms with Gasteiger partial charge in [0.1, 0.15) is 5.82 Å². The number of thioether (sulfide) groups is 1. The number of aromatic nitrogens is 3. The maximum atomic E-state index is 13.5. The molecule has 0 radical (unpaired) electrons. The van der Waals surface area contributed by atoms with Crippen LogP contribution in [0, 0.1) is 22.9 Å². The highest BCUT2D eigenvalue weighted by molar-refractivity contribution is 7.98. The van der Waals surface area contributed by atoms with Crippen LogP contribution in [0.5, 0.6) is 0 Å². The lowest BCUT2D eigenvalue weighted by molar-refractivity contribution is -0.387. The fourth-order valence-electron chi connectivity index (χ4n) is 1.79. The minimum Gasteiger partial charge on any atom is -0.329 e. The molecule has 0 atom stereocenters. The molecule has 0 bridgehead atoms. The fourth-order valence-corrected chi connectivity index (χ4v) is 2.74. The Kier molecular flexibility index (Phi) is 4.86. The zero-order valence-corrected chi connectivity index (χ0v) is 12.1. The molecule has 1 aromatic heterocycles. The molecule has 1 aromatic carbocycles. The lowest BCUT2D eigenvalue weighted by Crippen LogP contribution is -2.12. The van der Waals surface area contributed by atoms with Crippen LogP contribution in [-0.4, -0.2) is 26.2 Å². The number of nitrogens with two attached hydrogens (primary N) is 1. The van der Waals surface area contributed by atoms with Gasteiger partial charge in [0, 0.05) is 24.9 Å². The quantitative estimate of drug-likeness (QED) is 0.497. The summed E-state index contributed by atoms with van der Waals surface area (Å²) in [6.45, 7) is 2.91. The molecule has 2 rings (SSSR count). The molecule has 0 saturated carbocycles. The zero-order chi connectivity index (χ0) is 15.4. The Labute approximate surface area is 124 Å². The normalized spacial score (nSPS) is 10.8. The maximum Gasteiger partial charge on any atom is 0.304 e. The lowest BCUT2D eigenvalue weighted by atomic mass is 10.2. The van der Waals surface area contributed by atoms with Crippen molar-refractivity contribution in [2.24, 2.45) is 5.73 Å². The van der Waals surface area contributed by atoms with Crippen LogP contribution in [-0.2, 0) is 12.3 Å². The van der Waals surface area contributed by atoms with Crippen LogP contribution in [0.3, 0.4) is 0 Å².